The molecule has 0 fully saturated rings. The second-order valence-corrected chi connectivity index (χ2v) is 5.07. The zero-order valence-corrected chi connectivity index (χ0v) is 11.6. The third-order valence-corrected chi connectivity index (χ3v) is 3.49. The van der Waals surface area contributed by atoms with Crippen LogP contribution < -0.4 is 5.73 Å². The minimum Gasteiger partial charge on any atom is -0.322 e. The second-order valence-electron chi connectivity index (χ2n) is 5.07. The Bertz CT molecular complexity index is 176. The molecule has 0 amide bonds. The maximum atomic E-state index is 6.55. The molecule has 1 heteroatoms. The molecule has 0 aliphatic rings. The van der Waals surface area contributed by atoms with Crippen LogP contribution >= 0.6 is 0 Å². The first-order valence-electron chi connectivity index (χ1n) is 7.07. The number of hydrogen-bond acceptors (Lipinski definition) is 1. The van der Waals surface area contributed by atoms with Crippen molar-refractivity contribution in [2.24, 2.45) is 5.73 Å². The van der Waals surface area contributed by atoms with E-state index in [1.165, 1.54) is 44.1 Å². The van der Waals surface area contributed by atoms with E-state index in [9.17, 15) is 0 Å². The predicted molar refractivity (Wildman–Crippen MR) is 74.6 cm³/mol. The second kappa shape index (κ2) is 8.81. The van der Waals surface area contributed by atoms with Gasteiger partial charge < -0.3 is 5.73 Å². The van der Waals surface area contributed by atoms with Crippen LogP contribution in [0.2, 0.25) is 0 Å². The first-order valence-corrected chi connectivity index (χ1v) is 7.07. The van der Waals surface area contributed by atoms with Gasteiger partial charge in [0.2, 0.25) is 0 Å². The van der Waals surface area contributed by atoms with E-state index in [2.05, 4.69) is 27.4 Å². The van der Waals surface area contributed by atoms with Crippen LogP contribution in [0.5, 0.6) is 0 Å². The van der Waals surface area contributed by atoms with E-state index >= 15 is 0 Å². The lowest BCUT2D eigenvalue weighted by Gasteiger charge is -2.32. The third-order valence-electron chi connectivity index (χ3n) is 3.49. The molecule has 0 aliphatic heterocycles. The molecule has 0 aromatic rings. The van der Waals surface area contributed by atoms with Gasteiger partial charge in [-0.05, 0) is 25.7 Å². The molecule has 2 N–H and O–H groups in total. The Morgan fingerprint density at radius 2 is 1.38 bits per heavy atom. The molecule has 0 bridgehead atoms. The van der Waals surface area contributed by atoms with Crippen LogP contribution in [0.1, 0.15) is 78.6 Å². The van der Waals surface area contributed by atoms with E-state index < -0.39 is 0 Å². The van der Waals surface area contributed by atoms with Crippen molar-refractivity contribution in [2.75, 3.05) is 0 Å². The molecule has 0 saturated heterocycles. The van der Waals surface area contributed by atoms with Crippen LogP contribution in [0.25, 0.3) is 0 Å². The van der Waals surface area contributed by atoms with Gasteiger partial charge in [0, 0.05) is 5.54 Å². The average Bonchev–Trinajstić information content (AvgIpc) is 2.30. The van der Waals surface area contributed by atoms with Crippen LogP contribution in [0.3, 0.4) is 0 Å². The molecular formula is C15H31N. The van der Waals surface area contributed by atoms with Crippen molar-refractivity contribution in [3.8, 4) is 0 Å². The molecule has 0 aromatic heterocycles. The van der Waals surface area contributed by atoms with Gasteiger partial charge in [-0.1, -0.05) is 65.0 Å². The Labute approximate surface area is 102 Å². The van der Waals surface area contributed by atoms with Crippen molar-refractivity contribution in [2.45, 2.75) is 84.1 Å². The quantitative estimate of drug-likeness (QED) is 0.530. The lowest BCUT2D eigenvalue weighted by Crippen LogP contribution is -2.41. The van der Waals surface area contributed by atoms with Crippen molar-refractivity contribution in [3.63, 3.8) is 0 Å². The average molecular weight is 225 g/mol. The van der Waals surface area contributed by atoms with Crippen molar-refractivity contribution in [3.05, 3.63) is 12.2 Å². The van der Waals surface area contributed by atoms with E-state index in [4.69, 9.17) is 5.73 Å². The van der Waals surface area contributed by atoms with Gasteiger partial charge in [-0.2, -0.15) is 0 Å². The van der Waals surface area contributed by atoms with Crippen LogP contribution in [-0.2, 0) is 0 Å². The third kappa shape index (κ3) is 5.69. The highest BCUT2D eigenvalue weighted by molar-refractivity contribution is 5.15. The normalized spacial score (nSPS) is 11.8. The van der Waals surface area contributed by atoms with Crippen molar-refractivity contribution in [1.29, 1.82) is 0 Å². The summed E-state index contributed by atoms with van der Waals surface area (Å²) in [5.74, 6) is 0. The molecule has 1 nitrogen and oxygen atoms in total. The van der Waals surface area contributed by atoms with Gasteiger partial charge in [0.05, 0.1) is 0 Å². The van der Waals surface area contributed by atoms with E-state index in [0.29, 0.717) is 0 Å². The van der Waals surface area contributed by atoms with E-state index in [1.807, 2.05) is 0 Å². The van der Waals surface area contributed by atoms with Crippen LogP contribution in [0, 0.1) is 0 Å². The Kier molecular flexibility index (Phi) is 8.64. The van der Waals surface area contributed by atoms with Gasteiger partial charge in [0.15, 0.2) is 0 Å². The lowest BCUT2D eigenvalue weighted by molar-refractivity contribution is 0.387. The Morgan fingerprint density at radius 1 is 0.938 bits per heavy atom. The van der Waals surface area contributed by atoms with E-state index in [1.54, 1.807) is 0 Å². The van der Waals surface area contributed by atoms with Crippen LogP contribution in [-0.4, -0.2) is 5.54 Å². The molecule has 0 rings (SSSR count). The van der Waals surface area contributed by atoms with Crippen LogP contribution in [0.4, 0.5) is 0 Å². The zero-order valence-electron chi connectivity index (χ0n) is 11.6. The topological polar surface area (TPSA) is 26.0 Å². The standard InChI is InChI=1S/C15H31N/c1-5-8-11-14(4)15(16,12-9-6-2)13-10-7-3/h4-13,16H2,1-3H3. The number of nitrogens with two attached hydrogens (primary N) is 1. The van der Waals surface area contributed by atoms with Gasteiger partial charge in [0.1, 0.15) is 0 Å². The van der Waals surface area contributed by atoms with E-state index in [-0.39, 0.29) is 5.54 Å². The minimum absolute atomic E-state index is 0.0822. The number of rotatable bonds is 10. The van der Waals surface area contributed by atoms with Crippen molar-refractivity contribution >= 4 is 0 Å². The molecular weight excluding hydrogens is 194 g/mol. The van der Waals surface area contributed by atoms with Gasteiger partial charge in [0.25, 0.3) is 0 Å². The fraction of sp³-hybridized carbons (Fsp3) is 0.867. The highest BCUT2D eigenvalue weighted by Gasteiger charge is 2.26. The molecule has 0 radical (unpaired) electrons. The zero-order chi connectivity index (χ0) is 12.4. The molecule has 0 aromatic carbocycles. The Balaban J connectivity index is 4.30. The Hall–Kier alpha value is -0.300. The SMILES string of the molecule is C=C(CCCC)C(N)(CCCC)CCCC. The summed E-state index contributed by atoms with van der Waals surface area (Å²) < 4.78 is 0. The minimum atomic E-state index is -0.0822. The molecule has 0 unspecified atom stereocenters. The highest BCUT2D eigenvalue weighted by atomic mass is 14.7. The van der Waals surface area contributed by atoms with Gasteiger partial charge >= 0.3 is 0 Å². The largest absolute Gasteiger partial charge is 0.322 e. The monoisotopic (exact) mass is 225 g/mol. The maximum absolute atomic E-state index is 6.55. The summed E-state index contributed by atoms with van der Waals surface area (Å²) in [7, 11) is 0. The first-order chi connectivity index (χ1) is 7.60. The van der Waals surface area contributed by atoms with Crippen LogP contribution in [0.15, 0.2) is 12.2 Å². The fourth-order valence-corrected chi connectivity index (χ4v) is 2.10. The fourth-order valence-electron chi connectivity index (χ4n) is 2.10. The summed E-state index contributed by atoms with van der Waals surface area (Å²) >= 11 is 0. The van der Waals surface area contributed by atoms with Gasteiger partial charge in [-0.25, -0.2) is 0 Å². The summed E-state index contributed by atoms with van der Waals surface area (Å²) in [6.45, 7) is 10.9. The Morgan fingerprint density at radius 3 is 1.75 bits per heavy atom. The molecule has 0 saturated carbocycles. The summed E-state index contributed by atoms with van der Waals surface area (Å²) in [6.07, 6.45) is 10.7. The molecule has 0 heterocycles. The molecule has 96 valence electrons. The van der Waals surface area contributed by atoms with Crippen molar-refractivity contribution in [1.82, 2.24) is 0 Å². The van der Waals surface area contributed by atoms with Crippen molar-refractivity contribution < 1.29 is 0 Å². The molecule has 0 aliphatic carbocycles. The predicted octanol–water partition coefficient (Wildman–Crippen LogP) is 4.81. The van der Waals surface area contributed by atoms with Gasteiger partial charge in [-0.15, -0.1) is 0 Å². The summed E-state index contributed by atoms with van der Waals surface area (Å²) in [4.78, 5) is 0. The maximum Gasteiger partial charge on any atom is 0.0366 e. The number of hydrogen-bond donors (Lipinski definition) is 1. The summed E-state index contributed by atoms with van der Waals surface area (Å²) in [6, 6.07) is 0. The summed E-state index contributed by atoms with van der Waals surface area (Å²) in [5.41, 5.74) is 7.76. The van der Waals surface area contributed by atoms with E-state index in [0.717, 1.165) is 19.3 Å². The molecule has 0 atom stereocenters. The first kappa shape index (κ1) is 15.7. The molecule has 16 heavy (non-hydrogen) atoms. The highest BCUT2D eigenvalue weighted by Crippen LogP contribution is 2.28. The number of unbranched alkanes of at least 4 members (excludes halogenated alkanes) is 3. The smallest absolute Gasteiger partial charge is 0.0366 e. The molecule has 0 spiro atoms. The van der Waals surface area contributed by atoms with Gasteiger partial charge in [-0.3, -0.25) is 0 Å². The summed E-state index contributed by atoms with van der Waals surface area (Å²) in [5, 5.41) is 0. The lowest BCUT2D eigenvalue weighted by atomic mass is 9.80.